The van der Waals surface area contributed by atoms with Crippen molar-refractivity contribution in [3.05, 3.63) is 112 Å². The lowest BCUT2D eigenvalue weighted by Crippen LogP contribution is -2.55. The Hall–Kier alpha value is -6.04. The van der Waals surface area contributed by atoms with Gasteiger partial charge in [0, 0.05) is 100 Å². The molecule has 0 unspecified atom stereocenters. The molecular formula is C44H50N8O8S. The average Bonchev–Trinajstić information content (AvgIpc) is 3.73. The number of carbonyl (C=O) groups is 2. The van der Waals surface area contributed by atoms with E-state index in [-0.39, 0.29) is 40.8 Å². The Morgan fingerprint density at radius 2 is 1.77 bits per heavy atom. The number of fused-ring (bicyclic) bond motifs is 2. The molecule has 2 amide bonds. The predicted octanol–water partition coefficient (Wildman–Crippen LogP) is 5.95. The van der Waals surface area contributed by atoms with E-state index in [1.54, 1.807) is 24.4 Å². The van der Waals surface area contributed by atoms with Crippen LogP contribution in [0.4, 0.5) is 17.1 Å². The second-order valence-corrected chi connectivity index (χ2v) is 17.9. The molecule has 0 radical (unpaired) electrons. The molecule has 320 valence electrons. The molecule has 17 heteroatoms. The van der Waals surface area contributed by atoms with E-state index in [9.17, 15) is 28.1 Å². The molecular weight excluding hydrogens is 801 g/mol. The summed E-state index contributed by atoms with van der Waals surface area (Å²) in [6.07, 6.45) is 5.69. The largest absolute Gasteiger partial charge is 0.455 e. The van der Waals surface area contributed by atoms with Crippen molar-refractivity contribution in [3.8, 4) is 11.5 Å². The SMILES string of the molecule is CC(C)C(=O)N1Cc2ccccc2C[C@H]1CN1CCN(c2ccc(C(=O)NS(=O)(=O)c3ccc(NCC4CCOCC4)c([N+](=O)[O-])c3)c(Oc3cnc4[nH]ccc4c3)c2)CC1. The summed E-state index contributed by atoms with van der Waals surface area (Å²) in [6.45, 7) is 9.76. The highest BCUT2D eigenvalue weighted by Gasteiger charge is 2.33. The molecule has 5 heterocycles. The molecule has 3 N–H and O–H groups in total. The van der Waals surface area contributed by atoms with Gasteiger partial charge >= 0.3 is 0 Å². The van der Waals surface area contributed by atoms with Crippen LogP contribution in [0.15, 0.2) is 90.1 Å². The second-order valence-electron chi connectivity index (χ2n) is 16.2. The van der Waals surface area contributed by atoms with E-state index in [1.807, 2.05) is 30.9 Å². The number of ether oxygens (including phenoxy) is 2. The third-order valence-electron chi connectivity index (χ3n) is 11.8. The van der Waals surface area contributed by atoms with Crippen molar-refractivity contribution in [2.45, 2.75) is 50.6 Å². The minimum absolute atomic E-state index is 0.0549. The minimum Gasteiger partial charge on any atom is -0.455 e. The topological polar surface area (TPSA) is 192 Å². The van der Waals surface area contributed by atoms with Crippen LogP contribution in [-0.4, -0.2) is 103 Å². The van der Waals surface area contributed by atoms with Crippen molar-refractivity contribution in [1.82, 2.24) is 24.5 Å². The molecule has 2 fully saturated rings. The summed E-state index contributed by atoms with van der Waals surface area (Å²) < 4.78 is 41.1. The van der Waals surface area contributed by atoms with Gasteiger partial charge in [-0.15, -0.1) is 0 Å². The monoisotopic (exact) mass is 850 g/mol. The zero-order valence-corrected chi connectivity index (χ0v) is 35.0. The molecule has 2 aromatic heterocycles. The molecule has 3 aliphatic rings. The van der Waals surface area contributed by atoms with Crippen LogP contribution in [0.2, 0.25) is 0 Å². The average molecular weight is 851 g/mol. The number of aromatic nitrogens is 2. The van der Waals surface area contributed by atoms with Gasteiger partial charge in [-0.25, -0.2) is 18.1 Å². The standard InChI is InChI=1S/C44H50N8O8S/c1-29(2)44(54)51-27-33-6-4-3-5-31(33)21-35(51)28-49-15-17-50(18-16-49)34-7-9-38(41(23-34)60-36-22-32-11-14-45-42(32)47-26-36)43(53)48-61(57,58)37-8-10-39(40(24-37)52(55)56)46-25-30-12-19-59-20-13-30/h3-11,14,22-24,26,29-30,35,46H,12-13,15-21,25,27-28H2,1-2H3,(H,45,47)(H,48,53)/t35-/m0/s1. The number of sulfonamides is 1. The van der Waals surface area contributed by atoms with E-state index in [2.05, 4.69) is 48.0 Å². The van der Waals surface area contributed by atoms with Crippen LogP contribution < -0.4 is 19.7 Å². The van der Waals surface area contributed by atoms with Gasteiger partial charge in [0.1, 0.15) is 22.8 Å². The van der Waals surface area contributed by atoms with Gasteiger partial charge in [-0.05, 0) is 72.7 Å². The zero-order valence-electron chi connectivity index (χ0n) is 34.2. The van der Waals surface area contributed by atoms with Gasteiger partial charge in [-0.3, -0.25) is 24.6 Å². The number of carbonyl (C=O) groups excluding carboxylic acids is 2. The number of amides is 2. The summed E-state index contributed by atoms with van der Waals surface area (Å²) in [7, 11) is -4.57. The van der Waals surface area contributed by atoms with Crippen molar-refractivity contribution < 1.29 is 32.4 Å². The Morgan fingerprint density at radius 3 is 2.52 bits per heavy atom. The second kappa shape index (κ2) is 17.9. The Morgan fingerprint density at radius 1 is 1.00 bits per heavy atom. The Kier molecular flexibility index (Phi) is 12.2. The fourth-order valence-electron chi connectivity index (χ4n) is 8.33. The molecule has 61 heavy (non-hydrogen) atoms. The van der Waals surface area contributed by atoms with Crippen LogP contribution in [-0.2, 0) is 32.5 Å². The van der Waals surface area contributed by atoms with E-state index in [0.29, 0.717) is 50.8 Å². The first kappa shape index (κ1) is 41.7. The van der Waals surface area contributed by atoms with Gasteiger partial charge < -0.3 is 29.6 Å². The quantitative estimate of drug-likeness (QED) is 0.0933. The third kappa shape index (κ3) is 9.48. The number of hydrogen-bond donors (Lipinski definition) is 3. The molecule has 0 spiro atoms. The first-order chi connectivity index (χ1) is 29.4. The minimum atomic E-state index is -4.57. The molecule has 16 nitrogen and oxygen atoms in total. The smallest absolute Gasteiger partial charge is 0.293 e. The predicted molar refractivity (Wildman–Crippen MR) is 230 cm³/mol. The van der Waals surface area contributed by atoms with Gasteiger partial charge in [0.15, 0.2) is 0 Å². The summed E-state index contributed by atoms with van der Waals surface area (Å²) >= 11 is 0. The summed E-state index contributed by atoms with van der Waals surface area (Å²) in [5.41, 5.74) is 3.60. The number of hydrogen-bond acceptors (Lipinski definition) is 12. The maximum absolute atomic E-state index is 13.9. The van der Waals surface area contributed by atoms with E-state index in [4.69, 9.17) is 9.47 Å². The lowest BCUT2D eigenvalue weighted by molar-refractivity contribution is -0.384. The number of nitro groups is 1. The number of nitrogens with one attached hydrogen (secondary N) is 3. The van der Waals surface area contributed by atoms with Crippen molar-refractivity contribution in [2.24, 2.45) is 11.8 Å². The summed E-state index contributed by atoms with van der Waals surface area (Å²) in [5.74, 6) is -0.215. The van der Waals surface area contributed by atoms with Gasteiger partial charge in [-0.1, -0.05) is 38.1 Å². The number of piperazine rings is 1. The van der Waals surface area contributed by atoms with Crippen LogP contribution in [0.1, 0.15) is 48.2 Å². The lowest BCUT2D eigenvalue weighted by atomic mass is 9.92. The third-order valence-corrected chi connectivity index (χ3v) is 13.1. The fourth-order valence-corrected chi connectivity index (χ4v) is 9.31. The maximum atomic E-state index is 13.9. The van der Waals surface area contributed by atoms with E-state index in [1.165, 1.54) is 35.5 Å². The van der Waals surface area contributed by atoms with Gasteiger partial charge in [0.25, 0.3) is 21.6 Å². The van der Waals surface area contributed by atoms with Crippen molar-refractivity contribution in [2.75, 3.05) is 62.7 Å². The Bertz CT molecular complexity index is 2530. The highest BCUT2D eigenvalue weighted by Crippen LogP contribution is 2.34. The number of rotatable bonds is 13. The number of anilines is 2. The molecule has 5 aromatic rings. The van der Waals surface area contributed by atoms with Crippen LogP contribution >= 0.6 is 0 Å². The summed E-state index contributed by atoms with van der Waals surface area (Å²) in [6, 6.07) is 20.5. The highest BCUT2D eigenvalue weighted by molar-refractivity contribution is 7.90. The summed E-state index contributed by atoms with van der Waals surface area (Å²) in [5, 5.41) is 15.9. The number of pyridine rings is 1. The Labute approximate surface area is 354 Å². The van der Waals surface area contributed by atoms with E-state index < -0.39 is 31.4 Å². The zero-order chi connectivity index (χ0) is 42.7. The first-order valence-corrected chi connectivity index (χ1v) is 22.2. The molecule has 0 bridgehead atoms. The molecule has 2 saturated heterocycles. The number of nitrogens with zero attached hydrogens (tertiary/aromatic N) is 5. The molecule has 0 aliphatic carbocycles. The van der Waals surface area contributed by atoms with E-state index in [0.717, 1.165) is 56.0 Å². The van der Waals surface area contributed by atoms with Crippen LogP contribution in [0.5, 0.6) is 11.5 Å². The van der Waals surface area contributed by atoms with Gasteiger partial charge in [0.2, 0.25) is 5.91 Å². The number of nitro benzene ring substituents is 1. The number of H-pyrrole nitrogens is 1. The van der Waals surface area contributed by atoms with Gasteiger partial charge in [0.05, 0.1) is 21.6 Å². The summed E-state index contributed by atoms with van der Waals surface area (Å²) in [4.78, 5) is 52.3. The lowest BCUT2D eigenvalue weighted by Gasteiger charge is -2.43. The number of benzene rings is 3. The molecule has 1 atom stereocenters. The molecule has 3 aromatic carbocycles. The highest BCUT2D eigenvalue weighted by atomic mass is 32.2. The number of aromatic amines is 1. The van der Waals surface area contributed by atoms with Crippen LogP contribution in [0.25, 0.3) is 11.0 Å². The normalized spacial score (nSPS) is 17.6. The molecule has 3 aliphatic heterocycles. The Balaban J connectivity index is 0.993. The maximum Gasteiger partial charge on any atom is 0.293 e. The van der Waals surface area contributed by atoms with Crippen molar-refractivity contribution >= 4 is 49.9 Å². The van der Waals surface area contributed by atoms with Crippen LogP contribution in [0, 0.1) is 22.0 Å². The van der Waals surface area contributed by atoms with Gasteiger partial charge in [-0.2, -0.15) is 0 Å². The fraction of sp³-hybridized carbons (Fsp3) is 0.386. The van der Waals surface area contributed by atoms with Crippen LogP contribution in [0.3, 0.4) is 0 Å². The van der Waals surface area contributed by atoms with Crippen molar-refractivity contribution in [3.63, 3.8) is 0 Å². The molecule has 0 saturated carbocycles. The van der Waals surface area contributed by atoms with Crippen molar-refractivity contribution in [1.29, 1.82) is 0 Å². The molecule has 8 rings (SSSR count). The first-order valence-electron chi connectivity index (χ1n) is 20.7. The van der Waals surface area contributed by atoms with E-state index >= 15 is 0 Å².